The van der Waals surface area contributed by atoms with E-state index >= 15 is 0 Å². The van der Waals surface area contributed by atoms with E-state index in [0.29, 0.717) is 11.1 Å². The number of halogens is 1. The number of Topliss-reactive ketones (excluding diaryl/α,β-unsaturated/α-hetero) is 1. The van der Waals surface area contributed by atoms with Crippen LogP contribution in [0.3, 0.4) is 0 Å². The van der Waals surface area contributed by atoms with Crippen LogP contribution in [0.5, 0.6) is 5.75 Å². The third kappa shape index (κ3) is 3.65. The zero-order valence-electron chi connectivity index (χ0n) is 20.6. The maximum absolute atomic E-state index is 13.9. The highest BCUT2D eigenvalue weighted by molar-refractivity contribution is 9.12. The van der Waals surface area contributed by atoms with Gasteiger partial charge in [0.15, 0.2) is 11.6 Å². The average molecular weight is 589 g/mol. The summed E-state index contributed by atoms with van der Waals surface area (Å²) < 4.78 is 0.125. The second-order valence-corrected chi connectivity index (χ2v) is 11.0. The molecule has 1 saturated heterocycles. The number of fused-ring (bicyclic) bond motifs is 3. The SMILES string of the molecule is Cc1cccc([C@H]2C3=CC[C@@H]4C(=O)N(c5ccc([N+](=O)[O-])cc5)C(=O)[C@@H]4[C@@H]3CC3=C2C(=O)C=C(Br)C3=O)c1O. The molecule has 1 fully saturated rings. The van der Waals surface area contributed by atoms with Crippen molar-refractivity contribution < 1.29 is 29.2 Å². The van der Waals surface area contributed by atoms with Crippen molar-refractivity contribution in [3.63, 3.8) is 0 Å². The lowest BCUT2D eigenvalue weighted by Crippen LogP contribution is -2.39. The predicted molar refractivity (Wildman–Crippen MR) is 143 cm³/mol. The number of anilines is 1. The van der Waals surface area contributed by atoms with Crippen molar-refractivity contribution in [2.24, 2.45) is 17.8 Å². The number of benzene rings is 2. The van der Waals surface area contributed by atoms with Crippen molar-refractivity contribution in [3.05, 3.63) is 97.1 Å². The summed E-state index contributed by atoms with van der Waals surface area (Å²) in [5, 5.41) is 22.1. The molecule has 1 heterocycles. The number of nitro groups is 1. The van der Waals surface area contributed by atoms with Crippen molar-refractivity contribution in [1.82, 2.24) is 0 Å². The van der Waals surface area contributed by atoms with Crippen LogP contribution in [0, 0.1) is 34.8 Å². The third-order valence-electron chi connectivity index (χ3n) is 8.23. The molecule has 2 aromatic carbocycles. The number of hydrogen-bond donors (Lipinski definition) is 1. The van der Waals surface area contributed by atoms with Gasteiger partial charge in [0.25, 0.3) is 5.69 Å². The van der Waals surface area contributed by atoms with Crippen LogP contribution in [0.25, 0.3) is 0 Å². The minimum absolute atomic E-state index is 0.00761. The fourth-order valence-electron chi connectivity index (χ4n) is 6.45. The standard InChI is InChI=1S/C29H21BrN2O7/c1-13-3-2-4-17(26(13)34)23-16-9-10-18-24(19(16)11-20-25(23)22(33)12-21(30)27(20)35)29(37)31(28(18)36)14-5-7-15(8-6-14)32(38)39/h2-9,12,18-19,23-24,34H,10-11H2,1H3/t18-,19+,23+,24-/m0/s1. The second-order valence-electron chi connectivity index (χ2n) is 10.2. The number of amides is 2. The number of allylic oxidation sites excluding steroid dienone is 6. The Kier molecular flexibility index (Phi) is 5.76. The van der Waals surface area contributed by atoms with Gasteiger partial charge >= 0.3 is 0 Å². The van der Waals surface area contributed by atoms with Crippen molar-refractivity contribution in [2.45, 2.75) is 25.7 Å². The van der Waals surface area contributed by atoms with Gasteiger partial charge in [-0.15, -0.1) is 0 Å². The third-order valence-corrected chi connectivity index (χ3v) is 8.82. The van der Waals surface area contributed by atoms with Crippen molar-refractivity contribution in [2.75, 3.05) is 4.90 Å². The van der Waals surface area contributed by atoms with Crippen LogP contribution in [0.1, 0.15) is 29.9 Å². The summed E-state index contributed by atoms with van der Waals surface area (Å²) in [6.45, 7) is 1.74. The summed E-state index contributed by atoms with van der Waals surface area (Å²) in [6.07, 6.45) is 3.47. The zero-order chi connectivity index (χ0) is 27.7. The molecule has 6 rings (SSSR count). The van der Waals surface area contributed by atoms with Crippen LogP contribution in [0.2, 0.25) is 0 Å². The Balaban J connectivity index is 1.47. The molecule has 2 amide bonds. The maximum atomic E-state index is 13.9. The monoisotopic (exact) mass is 588 g/mol. The molecular formula is C29H21BrN2O7. The van der Waals surface area contributed by atoms with E-state index in [2.05, 4.69) is 15.9 Å². The first-order valence-electron chi connectivity index (χ1n) is 12.4. The average Bonchev–Trinajstić information content (AvgIpc) is 3.17. The number of ketones is 2. The number of nitrogens with zero attached hydrogens (tertiary/aromatic N) is 2. The first-order chi connectivity index (χ1) is 18.6. The minimum atomic E-state index is -0.788. The highest BCUT2D eigenvalue weighted by Gasteiger charge is 2.57. The van der Waals surface area contributed by atoms with E-state index in [9.17, 15) is 34.4 Å². The zero-order valence-corrected chi connectivity index (χ0v) is 22.2. The number of para-hydroxylation sites is 1. The fraction of sp³-hybridized carbons (Fsp3) is 0.241. The van der Waals surface area contributed by atoms with E-state index < -0.39 is 40.4 Å². The molecule has 0 unspecified atom stereocenters. The Morgan fingerprint density at radius 3 is 2.44 bits per heavy atom. The number of aryl methyl sites for hydroxylation is 1. The first-order valence-corrected chi connectivity index (χ1v) is 13.2. The molecular weight excluding hydrogens is 568 g/mol. The van der Waals surface area contributed by atoms with Crippen LogP contribution in [-0.4, -0.2) is 33.4 Å². The number of phenolic OH excluding ortho intramolecular Hbond substituents is 1. The van der Waals surface area contributed by atoms with Gasteiger partial charge in [-0.3, -0.25) is 34.2 Å². The Morgan fingerprint density at radius 2 is 1.74 bits per heavy atom. The largest absolute Gasteiger partial charge is 0.507 e. The van der Waals surface area contributed by atoms with Gasteiger partial charge in [-0.25, -0.2) is 0 Å². The van der Waals surface area contributed by atoms with Crippen LogP contribution in [0.15, 0.2) is 75.8 Å². The van der Waals surface area contributed by atoms with Crippen LogP contribution < -0.4 is 4.90 Å². The normalized spacial score (nSPS) is 26.2. The molecule has 9 nitrogen and oxygen atoms in total. The van der Waals surface area contributed by atoms with Crippen molar-refractivity contribution >= 4 is 50.7 Å². The summed E-state index contributed by atoms with van der Waals surface area (Å²) in [5.41, 5.74) is 2.44. The molecule has 1 aliphatic heterocycles. The Hall–Kier alpha value is -4.18. The number of hydrogen-bond acceptors (Lipinski definition) is 7. The molecule has 1 N–H and O–H groups in total. The molecule has 10 heteroatoms. The summed E-state index contributed by atoms with van der Waals surface area (Å²) in [5.74, 6) is -4.31. The van der Waals surface area contributed by atoms with Gasteiger partial charge < -0.3 is 5.11 Å². The van der Waals surface area contributed by atoms with E-state index in [0.717, 1.165) is 10.5 Å². The van der Waals surface area contributed by atoms with Crippen LogP contribution in [0.4, 0.5) is 11.4 Å². The Labute approximate surface area is 230 Å². The van der Waals surface area contributed by atoms with E-state index in [1.165, 1.54) is 30.3 Å². The lowest BCUT2D eigenvalue weighted by Gasteiger charge is -2.42. The van der Waals surface area contributed by atoms with Gasteiger partial charge in [-0.1, -0.05) is 29.8 Å². The molecule has 4 aliphatic rings. The summed E-state index contributed by atoms with van der Waals surface area (Å²) in [4.78, 5) is 65.5. The number of imide groups is 1. The van der Waals surface area contributed by atoms with Crippen molar-refractivity contribution in [1.29, 1.82) is 0 Å². The van der Waals surface area contributed by atoms with Crippen LogP contribution >= 0.6 is 15.9 Å². The molecule has 39 heavy (non-hydrogen) atoms. The van der Waals surface area contributed by atoms with E-state index in [4.69, 9.17) is 0 Å². The second kappa shape index (κ2) is 8.94. The van der Waals surface area contributed by atoms with Gasteiger partial charge in [0.2, 0.25) is 11.8 Å². The van der Waals surface area contributed by atoms with E-state index in [-0.39, 0.29) is 57.2 Å². The highest BCUT2D eigenvalue weighted by Crippen LogP contribution is 2.56. The highest BCUT2D eigenvalue weighted by atomic mass is 79.9. The molecule has 196 valence electrons. The van der Waals surface area contributed by atoms with Crippen LogP contribution in [-0.2, 0) is 19.2 Å². The van der Waals surface area contributed by atoms with Gasteiger partial charge in [-0.05, 0) is 59.3 Å². The number of carbonyl (C=O) groups excluding carboxylic acids is 4. The lowest BCUT2D eigenvalue weighted by molar-refractivity contribution is -0.384. The minimum Gasteiger partial charge on any atom is -0.507 e. The molecule has 0 spiro atoms. The van der Waals surface area contributed by atoms with E-state index in [1.807, 2.05) is 6.08 Å². The Bertz CT molecular complexity index is 1620. The molecule has 0 bridgehead atoms. The van der Waals surface area contributed by atoms with E-state index in [1.54, 1.807) is 25.1 Å². The summed E-state index contributed by atoms with van der Waals surface area (Å²) in [7, 11) is 0. The van der Waals surface area contributed by atoms with Gasteiger partial charge in [0, 0.05) is 40.8 Å². The quantitative estimate of drug-likeness (QED) is 0.182. The fourth-order valence-corrected chi connectivity index (χ4v) is 6.90. The molecule has 0 radical (unpaired) electrons. The van der Waals surface area contributed by atoms with Gasteiger partial charge in [0.05, 0.1) is 26.9 Å². The topological polar surface area (TPSA) is 135 Å². The first kappa shape index (κ1) is 25.1. The lowest BCUT2D eigenvalue weighted by atomic mass is 9.59. The molecule has 4 atom stereocenters. The molecule has 3 aliphatic carbocycles. The number of phenols is 1. The van der Waals surface area contributed by atoms with Crippen molar-refractivity contribution in [3.8, 4) is 5.75 Å². The van der Waals surface area contributed by atoms with Gasteiger partial charge in [-0.2, -0.15) is 0 Å². The molecule has 0 aromatic heterocycles. The number of non-ortho nitro benzene ring substituents is 1. The summed E-state index contributed by atoms with van der Waals surface area (Å²) in [6, 6.07) is 10.5. The number of carbonyl (C=O) groups is 4. The van der Waals surface area contributed by atoms with Gasteiger partial charge in [0.1, 0.15) is 5.75 Å². The predicted octanol–water partition coefficient (Wildman–Crippen LogP) is 4.58. The summed E-state index contributed by atoms with van der Waals surface area (Å²) >= 11 is 3.20. The maximum Gasteiger partial charge on any atom is 0.269 e. The smallest absolute Gasteiger partial charge is 0.269 e. The Morgan fingerprint density at radius 1 is 1.03 bits per heavy atom. The number of aromatic hydroxyl groups is 1. The number of rotatable bonds is 3. The molecule has 2 aromatic rings. The number of nitro benzene ring substituents is 1. The molecule has 0 saturated carbocycles.